The third-order valence-corrected chi connectivity index (χ3v) is 7.42. The molecule has 0 N–H and O–H groups in total. The Bertz CT molecular complexity index is 1200. The topological polar surface area (TPSA) is 23.6 Å². The summed E-state index contributed by atoms with van der Waals surface area (Å²) in [5.74, 6) is -0.458. The van der Waals surface area contributed by atoms with Gasteiger partial charge in [-0.3, -0.25) is 9.69 Å². The Hall–Kier alpha value is -2.11. The van der Waals surface area contributed by atoms with E-state index in [1.54, 1.807) is 35.2 Å². The van der Waals surface area contributed by atoms with Gasteiger partial charge in [0.05, 0.1) is 0 Å². The van der Waals surface area contributed by atoms with E-state index in [-0.39, 0.29) is 17.1 Å². The molecule has 5 rings (SSSR count). The third kappa shape index (κ3) is 4.50. The maximum atomic E-state index is 14.3. The minimum Gasteiger partial charge on any atom is -0.307 e. The Balaban J connectivity index is 1.40. The molecule has 1 saturated heterocycles. The van der Waals surface area contributed by atoms with Gasteiger partial charge in [0, 0.05) is 44.8 Å². The lowest BCUT2D eigenvalue weighted by Crippen LogP contribution is -2.45. The van der Waals surface area contributed by atoms with Crippen molar-refractivity contribution < 1.29 is 9.18 Å². The third-order valence-electron chi connectivity index (χ3n) is 6.74. The molecule has 1 fully saturated rings. The van der Waals surface area contributed by atoms with Gasteiger partial charge in [-0.05, 0) is 85.6 Å². The number of nitrogens with zero attached hydrogens (tertiary/aromatic N) is 2. The summed E-state index contributed by atoms with van der Waals surface area (Å²) in [6, 6.07) is 17.5. The second kappa shape index (κ2) is 8.92. The molecule has 0 aromatic heterocycles. The van der Waals surface area contributed by atoms with Gasteiger partial charge < -0.3 is 4.90 Å². The minimum atomic E-state index is -0.283. The lowest BCUT2D eigenvalue weighted by Gasteiger charge is -2.40. The number of carbonyl (C=O) groups is 1. The Kier molecular flexibility index (Phi) is 6.13. The molecule has 0 unspecified atom stereocenters. The largest absolute Gasteiger partial charge is 0.307 e. The molecule has 0 atom stereocenters. The second-order valence-corrected chi connectivity index (χ2v) is 10.2. The van der Waals surface area contributed by atoms with Crippen LogP contribution < -0.4 is 4.90 Å². The number of amides is 1. The average molecular weight is 504 g/mol. The Morgan fingerprint density at radius 3 is 2.33 bits per heavy atom. The highest BCUT2D eigenvalue weighted by molar-refractivity contribution is 6.35. The lowest BCUT2D eigenvalue weighted by molar-refractivity contribution is 0.0975. The first kappa shape index (κ1) is 22.7. The number of rotatable bonds is 3. The zero-order valence-corrected chi connectivity index (χ0v) is 20.1. The van der Waals surface area contributed by atoms with E-state index in [0.29, 0.717) is 22.2 Å². The van der Waals surface area contributed by atoms with E-state index in [0.717, 1.165) is 48.7 Å². The lowest BCUT2D eigenvalue weighted by atomic mass is 9.74. The van der Waals surface area contributed by atoms with E-state index in [2.05, 4.69) is 11.0 Å². The SMILES string of the molecule is O=C(c1cc(Cl)cc(Cl)c1)N1CC2(CCN(Cc3cccc(Cl)c3)CC2)c2cc(F)ccc21. The molecule has 0 bridgehead atoms. The standard InChI is InChI=1S/C26H22Cl3FN2O/c27-19-3-1-2-17(10-19)15-31-8-6-26(7-9-31)16-32(24-5-4-22(30)14-23(24)26)25(33)18-11-20(28)13-21(29)12-18/h1-5,10-14H,6-9,15-16H2. The molecule has 7 heteroatoms. The van der Waals surface area contributed by atoms with Gasteiger partial charge in [0.2, 0.25) is 0 Å². The second-order valence-electron chi connectivity index (χ2n) is 8.90. The molecule has 170 valence electrons. The summed E-state index contributed by atoms with van der Waals surface area (Å²) in [4.78, 5) is 17.6. The molecule has 3 aromatic rings. The minimum absolute atomic E-state index is 0.175. The summed E-state index contributed by atoms with van der Waals surface area (Å²) in [5, 5.41) is 1.55. The van der Waals surface area contributed by atoms with Crippen LogP contribution in [0.25, 0.3) is 0 Å². The summed E-state index contributed by atoms with van der Waals surface area (Å²) >= 11 is 18.4. The first-order valence-corrected chi connectivity index (χ1v) is 12.0. The van der Waals surface area contributed by atoms with Crippen molar-refractivity contribution >= 4 is 46.4 Å². The summed E-state index contributed by atoms with van der Waals surface area (Å²) in [7, 11) is 0. The molecule has 2 aliphatic heterocycles. The van der Waals surface area contributed by atoms with Crippen LogP contribution in [0.4, 0.5) is 10.1 Å². The number of carbonyl (C=O) groups excluding carboxylic acids is 1. The first-order valence-electron chi connectivity index (χ1n) is 10.9. The van der Waals surface area contributed by atoms with Crippen LogP contribution in [0.3, 0.4) is 0 Å². The molecule has 1 spiro atoms. The highest BCUT2D eigenvalue weighted by atomic mass is 35.5. The summed E-state index contributed by atoms with van der Waals surface area (Å²) in [5.41, 5.74) is 3.00. The van der Waals surface area contributed by atoms with E-state index in [4.69, 9.17) is 34.8 Å². The predicted octanol–water partition coefficient (Wildman–Crippen LogP) is 6.98. The van der Waals surface area contributed by atoms with Crippen LogP contribution in [0, 0.1) is 5.82 Å². The number of fused-ring (bicyclic) bond motifs is 2. The monoisotopic (exact) mass is 502 g/mol. The number of likely N-dealkylation sites (tertiary alicyclic amines) is 1. The molecule has 3 aromatic carbocycles. The van der Waals surface area contributed by atoms with E-state index in [9.17, 15) is 9.18 Å². The van der Waals surface area contributed by atoms with Crippen molar-refractivity contribution in [3.63, 3.8) is 0 Å². The fraction of sp³-hybridized carbons (Fsp3) is 0.269. The van der Waals surface area contributed by atoms with Crippen molar-refractivity contribution in [2.75, 3.05) is 24.5 Å². The van der Waals surface area contributed by atoms with Crippen molar-refractivity contribution in [3.05, 3.63) is 98.2 Å². The van der Waals surface area contributed by atoms with E-state index in [1.807, 2.05) is 18.2 Å². The van der Waals surface area contributed by atoms with Crippen molar-refractivity contribution in [3.8, 4) is 0 Å². The zero-order chi connectivity index (χ0) is 23.2. The smallest absolute Gasteiger partial charge is 0.258 e. The number of anilines is 1. The number of hydrogen-bond donors (Lipinski definition) is 0. The first-order chi connectivity index (χ1) is 15.8. The molecular weight excluding hydrogens is 482 g/mol. The summed E-state index contributed by atoms with van der Waals surface area (Å²) in [6.45, 7) is 3.04. The predicted molar refractivity (Wildman–Crippen MR) is 132 cm³/mol. The Morgan fingerprint density at radius 2 is 1.64 bits per heavy atom. The number of hydrogen-bond acceptors (Lipinski definition) is 2. The van der Waals surface area contributed by atoms with Gasteiger partial charge in [-0.25, -0.2) is 4.39 Å². The zero-order valence-electron chi connectivity index (χ0n) is 17.8. The maximum Gasteiger partial charge on any atom is 0.258 e. The van der Waals surface area contributed by atoms with Crippen LogP contribution in [0.5, 0.6) is 0 Å². The molecule has 0 saturated carbocycles. The maximum absolute atomic E-state index is 14.3. The number of piperidine rings is 1. The summed E-state index contributed by atoms with van der Waals surface area (Å²) < 4.78 is 14.3. The fourth-order valence-corrected chi connectivity index (χ4v) is 5.85. The Labute approximate surface area is 207 Å². The molecule has 1 amide bonds. The van der Waals surface area contributed by atoms with Crippen LogP contribution in [0.15, 0.2) is 60.7 Å². The van der Waals surface area contributed by atoms with Gasteiger partial charge >= 0.3 is 0 Å². The van der Waals surface area contributed by atoms with Gasteiger partial charge in [0.25, 0.3) is 5.91 Å². The van der Waals surface area contributed by atoms with Crippen molar-refractivity contribution in [2.45, 2.75) is 24.8 Å². The molecule has 2 aliphatic rings. The highest BCUT2D eigenvalue weighted by Gasteiger charge is 2.46. The van der Waals surface area contributed by atoms with Crippen LogP contribution in [0.1, 0.15) is 34.3 Å². The van der Waals surface area contributed by atoms with Crippen LogP contribution in [-0.2, 0) is 12.0 Å². The number of halogens is 4. The molecule has 0 radical (unpaired) electrons. The van der Waals surface area contributed by atoms with Crippen LogP contribution in [-0.4, -0.2) is 30.4 Å². The quantitative estimate of drug-likeness (QED) is 0.385. The molecular formula is C26H22Cl3FN2O. The fourth-order valence-electron chi connectivity index (χ4n) is 5.12. The van der Waals surface area contributed by atoms with E-state index < -0.39 is 0 Å². The van der Waals surface area contributed by atoms with Crippen LogP contribution in [0.2, 0.25) is 15.1 Å². The van der Waals surface area contributed by atoms with Crippen molar-refractivity contribution in [1.29, 1.82) is 0 Å². The van der Waals surface area contributed by atoms with Gasteiger partial charge in [-0.15, -0.1) is 0 Å². The molecule has 0 aliphatic carbocycles. The van der Waals surface area contributed by atoms with E-state index in [1.165, 1.54) is 11.6 Å². The van der Waals surface area contributed by atoms with Crippen LogP contribution >= 0.6 is 34.8 Å². The Morgan fingerprint density at radius 1 is 0.909 bits per heavy atom. The molecule has 33 heavy (non-hydrogen) atoms. The number of benzene rings is 3. The highest BCUT2D eigenvalue weighted by Crippen LogP contribution is 2.48. The normalized spacial score (nSPS) is 17.4. The molecule has 3 nitrogen and oxygen atoms in total. The molecule has 2 heterocycles. The average Bonchev–Trinajstić information content (AvgIpc) is 3.07. The van der Waals surface area contributed by atoms with Gasteiger partial charge in [-0.1, -0.05) is 46.9 Å². The van der Waals surface area contributed by atoms with Gasteiger partial charge in [0.15, 0.2) is 0 Å². The van der Waals surface area contributed by atoms with E-state index >= 15 is 0 Å². The van der Waals surface area contributed by atoms with Crippen molar-refractivity contribution in [2.24, 2.45) is 0 Å². The van der Waals surface area contributed by atoms with Gasteiger partial charge in [0.1, 0.15) is 5.82 Å². The summed E-state index contributed by atoms with van der Waals surface area (Å²) in [6.07, 6.45) is 1.67. The van der Waals surface area contributed by atoms with Crippen molar-refractivity contribution in [1.82, 2.24) is 4.90 Å². The van der Waals surface area contributed by atoms with Gasteiger partial charge in [-0.2, -0.15) is 0 Å².